The Bertz CT molecular complexity index is 606. The van der Waals surface area contributed by atoms with E-state index in [1.165, 1.54) is 17.3 Å². The molecule has 1 N–H and O–H groups in total. The number of nitrogens with one attached hydrogen (secondary N) is 1. The van der Waals surface area contributed by atoms with Crippen molar-refractivity contribution in [3.05, 3.63) is 58.9 Å². The van der Waals surface area contributed by atoms with Crippen molar-refractivity contribution in [3.63, 3.8) is 0 Å². The number of hydrogen-bond acceptors (Lipinski definition) is 2. The lowest BCUT2D eigenvalue weighted by molar-refractivity contribution is 0.617. The minimum absolute atomic E-state index is 0.154. The van der Waals surface area contributed by atoms with Gasteiger partial charge in [0.2, 0.25) is 0 Å². The van der Waals surface area contributed by atoms with Crippen LogP contribution in [0.1, 0.15) is 16.7 Å². The fourth-order valence-electron chi connectivity index (χ4n) is 2.22. The quantitative estimate of drug-likeness (QED) is 0.900. The second-order valence-electron chi connectivity index (χ2n) is 5.33. The predicted octanol–water partition coefficient (Wildman–Crippen LogP) is 4.12. The summed E-state index contributed by atoms with van der Waals surface area (Å²) in [5, 5.41) is 3.38. The molecule has 20 heavy (non-hydrogen) atoms. The summed E-state index contributed by atoms with van der Waals surface area (Å²) in [5.41, 5.74) is 5.28. The summed E-state index contributed by atoms with van der Waals surface area (Å²) in [6, 6.07) is 11.5. The molecule has 0 aromatic heterocycles. The van der Waals surface area contributed by atoms with Gasteiger partial charge in [-0.15, -0.1) is 0 Å². The highest BCUT2D eigenvalue weighted by molar-refractivity contribution is 5.61. The van der Waals surface area contributed by atoms with Crippen molar-refractivity contribution in [3.8, 4) is 0 Å². The molecule has 0 radical (unpaired) electrons. The van der Waals surface area contributed by atoms with Gasteiger partial charge < -0.3 is 10.2 Å². The lowest BCUT2D eigenvalue weighted by Crippen LogP contribution is -2.11. The van der Waals surface area contributed by atoms with Crippen molar-refractivity contribution >= 4 is 11.4 Å². The van der Waals surface area contributed by atoms with Gasteiger partial charge in [0.25, 0.3) is 0 Å². The molecule has 0 saturated carbocycles. The molecule has 0 aliphatic rings. The smallest absolute Gasteiger partial charge is 0.126 e. The number of aryl methyl sites for hydroxylation is 2. The van der Waals surface area contributed by atoms with Crippen molar-refractivity contribution in [1.82, 2.24) is 0 Å². The summed E-state index contributed by atoms with van der Waals surface area (Å²) in [6.07, 6.45) is 0. The topological polar surface area (TPSA) is 15.3 Å². The molecule has 2 aromatic carbocycles. The molecule has 0 saturated heterocycles. The Hall–Kier alpha value is -2.03. The van der Waals surface area contributed by atoms with E-state index in [0.717, 1.165) is 11.3 Å². The van der Waals surface area contributed by atoms with Crippen LogP contribution in [0.2, 0.25) is 0 Å². The predicted molar refractivity (Wildman–Crippen MR) is 84.0 cm³/mol. The Labute approximate surface area is 120 Å². The van der Waals surface area contributed by atoms with Gasteiger partial charge in [0.05, 0.1) is 0 Å². The van der Waals surface area contributed by atoms with Gasteiger partial charge in [-0.1, -0.05) is 18.2 Å². The number of anilines is 2. The van der Waals surface area contributed by atoms with Crippen LogP contribution in [-0.2, 0) is 6.54 Å². The van der Waals surface area contributed by atoms with E-state index in [1.807, 2.05) is 26.2 Å². The minimum Gasteiger partial charge on any atom is -0.381 e. The molecule has 2 rings (SSSR count). The molecule has 0 amide bonds. The van der Waals surface area contributed by atoms with Crippen LogP contribution in [0.4, 0.5) is 15.8 Å². The second-order valence-corrected chi connectivity index (χ2v) is 5.33. The first-order valence-corrected chi connectivity index (χ1v) is 6.74. The first-order chi connectivity index (χ1) is 9.47. The average Bonchev–Trinajstić information content (AvgIpc) is 2.41. The SMILES string of the molecule is Cc1cc(CNc2ccc(C)c(N(C)C)c2)ccc1F. The zero-order chi connectivity index (χ0) is 14.7. The Morgan fingerprint density at radius 2 is 1.75 bits per heavy atom. The fourth-order valence-corrected chi connectivity index (χ4v) is 2.22. The molecule has 106 valence electrons. The maximum absolute atomic E-state index is 13.2. The van der Waals surface area contributed by atoms with E-state index in [1.54, 1.807) is 6.92 Å². The summed E-state index contributed by atoms with van der Waals surface area (Å²) in [6.45, 7) is 4.58. The number of benzene rings is 2. The van der Waals surface area contributed by atoms with Gasteiger partial charge in [-0.3, -0.25) is 0 Å². The first-order valence-electron chi connectivity index (χ1n) is 6.74. The van der Waals surface area contributed by atoms with Gasteiger partial charge in [0, 0.05) is 32.0 Å². The summed E-state index contributed by atoms with van der Waals surface area (Å²) in [7, 11) is 4.07. The third-order valence-corrected chi connectivity index (χ3v) is 3.41. The van der Waals surface area contributed by atoms with Gasteiger partial charge in [-0.05, 0) is 48.7 Å². The average molecular weight is 272 g/mol. The monoisotopic (exact) mass is 272 g/mol. The summed E-state index contributed by atoms with van der Waals surface area (Å²) in [4.78, 5) is 2.10. The second kappa shape index (κ2) is 5.95. The van der Waals surface area contributed by atoms with Gasteiger partial charge in [-0.2, -0.15) is 0 Å². The van der Waals surface area contributed by atoms with Crippen LogP contribution in [0, 0.1) is 19.7 Å². The minimum atomic E-state index is -0.154. The van der Waals surface area contributed by atoms with Crippen LogP contribution >= 0.6 is 0 Å². The Balaban J connectivity index is 2.10. The number of rotatable bonds is 4. The molecular weight excluding hydrogens is 251 g/mol. The molecule has 0 unspecified atom stereocenters. The lowest BCUT2D eigenvalue weighted by Gasteiger charge is -2.17. The van der Waals surface area contributed by atoms with Crippen LogP contribution in [-0.4, -0.2) is 14.1 Å². The summed E-state index contributed by atoms with van der Waals surface area (Å²) >= 11 is 0. The number of halogens is 1. The van der Waals surface area contributed by atoms with Gasteiger partial charge >= 0.3 is 0 Å². The van der Waals surface area contributed by atoms with E-state index in [-0.39, 0.29) is 5.82 Å². The van der Waals surface area contributed by atoms with Gasteiger partial charge in [-0.25, -0.2) is 4.39 Å². The highest BCUT2D eigenvalue weighted by atomic mass is 19.1. The Kier molecular flexibility index (Phi) is 4.28. The molecular formula is C17H21FN2. The largest absolute Gasteiger partial charge is 0.381 e. The highest BCUT2D eigenvalue weighted by Gasteiger charge is 2.03. The number of nitrogens with zero attached hydrogens (tertiary/aromatic N) is 1. The molecule has 3 heteroatoms. The zero-order valence-electron chi connectivity index (χ0n) is 12.5. The molecule has 2 nitrogen and oxygen atoms in total. The van der Waals surface area contributed by atoms with E-state index in [0.29, 0.717) is 12.1 Å². The third-order valence-electron chi connectivity index (χ3n) is 3.41. The summed E-state index contributed by atoms with van der Waals surface area (Å²) < 4.78 is 13.2. The molecule has 0 aliphatic heterocycles. The maximum Gasteiger partial charge on any atom is 0.126 e. The van der Waals surface area contributed by atoms with Crippen molar-refractivity contribution in [2.24, 2.45) is 0 Å². The zero-order valence-corrected chi connectivity index (χ0v) is 12.5. The maximum atomic E-state index is 13.2. The van der Waals surface area contributed by atoms with Crippen molar-refractivity contribution < 1.29 is 4.39 Å². The van der Waals surface area contributed by atoms with E-state index in [9.17, 15) is 4.39 Å². The van der Waals surface area contributed by atoms with Crippen LogP contribution in [0.15, 0.2) is 36.4 Å². The summed E-state index contributed by atoms with van der Waals surface area (Å²) in [5.74, 6) is -0.154. The van der Waals surface area contributed by atoms with Crippen LogP contribution < -0.4 is 10.2 Å². The van der Waals surface area contributed by atoms with Crippen LogP contribution in [0.25, 0.3) is 0 Å². The van der Waals surface area contributed by atoms with Crippen molar-refractivity contribution in [2.45, 2.75) is 20.4 Å². The Morgan fingerprint density at radius 1 is 1.00 bits per heavy atom. The normalized spacial score (nSPS) is 10.4. The molecule has 0 fully saturated rings. The molecule has 0 atom stereocenters. The fraction of sp³-hybridized carbons (Fsp3) is 0.294. The lowest BCUT2D eigenvalue weighted by atomic mass is 10.1. The van der Waals surface area contributed by atoms with Crippen LogP contribution in [0.3, 0.4) is 0 Å². The number of hydrogen-bond donors (Lipinski definition) is 1. The molecule has 2 aromatic rings. The highest BCUT2D eigenvalue weighted by Crippen LogP contribution is 2.23. The van der Waals surface area contributed by atoms with Crippen molar-refractivity contribution in [1.29, 1.82) is 0 Å². The van der Waals surface area contributed by atoms with E-state index in [4.69, 9.17) is 0 Å². The molecule has 0 aliphatic carbocycles. The molecule has 0 spiro atoms. The van der Waals surface area contributed by atoms with Gasteiger partial charge in [0.15, 0.2) is 0 Å². The van der Waals surface area contributed by atoms with E-state index in [2.05, 4.69) is 35.3 Å². The third kappa shape index (κ3) is 3.29. The van der Waals surface area contributed by atoms with E-state index >= 15 is 0 Å². The molecule has 0 bridgehead atoms. The van der Waals surface area contributed by atoms with Gasteiger partial charge in [0.1, 0.15) is 5.82 Å². The standard InChI is InChI=1S/C17H21FN2/c1-12-5-7-15(10-17(12)20(3)4)19-11-14-6-8-16(18)13(2)9-14/h5-10,19H,11H2,1-4H3. The van der Waals surface area contributed by atoms with Crippen LogP contribution in [0.5, 0.6) is 0 Å². The first kappa shape index (κ1) is 14.4. The Morgan fingerprint density at radius 3 is 2.40 bits per heavy atom. The van der Waals surface area contributed by atoms with Crippen molar-refractivity contribution in [2.75, 3.05) is 24.3 Å². The molecule has 0 heterocycles. The van der Waals surface area contributed by atoms with E-state index < -0.39 is 0 Å².